The maximum atomic E-state index is 5.68. The third kappa shape index (κ3) is 5.14. The van der Waals surface area contributed by atoms with Crippen molar-refractivity contribution in [1.29, 1.82) is 0 Å². The number of hydrogen-bond donors (Lipinski definition) is 0. The molecule has 0 saturated carbocycles. The summed E-state index contributed by atoms with van der Waals surface area (Å²) in [6.07, 6.45) is 4.16. The standard InChI is InChI=1S/C10H12Cl2Si/c11-13(12)9-5-4-8-10-6-2-1-3-7-10/h1-3,5-7,9,13H,4,8H2. The average molecular weight is 231 g/mol. The molecule has 0 heterocycles. The summed E-state index contributed by atoms with van der Waals surface area (Å²) in [6, 6.07) is 10.4. The van der Waals surface area contributed by atoms with E-state index < -0.39 is 7.42 Å². The van der Waals surface area contributed by atoms with Crippen LogP contribution in [0.5, 0.6) is 0 Å². The van der Waals surface area contributed by atoms with Crippen LogP contribution in [-0.2, 0) is 6.42 Å². The Bertz CT molecular complexity index is 257. The van der Waals surface area contributed by atoms with Crippen molar-refractivity contribution in [2.24, 2.45) is 0 Å². The summed E-state index contributed by atoms with van der Waals surface area (Å²) in [5.74, 6) is 0. The van der Waals surface area contributed by atoms with Crippen molar-refractivity contribution >= 4 is 29.6 Å². The minimum absolute atomic E-state index is 1.02. The van der Waals surface area contributed by atoms with Gasteiger partial charge in [-0.3, -0.25) is 0 Å². The Labute approximate surface area is 90.2 Å². The normalized spacial score (nSPS) is 11.3. The summed E-state index contributed by atoms with van der Waals surface area (Å²) in [5, 5.41) is 0. The Morgan fingerprint density at radius 2 is 1.85 bits per heavy atom. The lowest BCUT2D eigenvalue weighted by molar-refractivity contribution is 1.00. The zero-order valence-corrected chi connectivity index (χ0v) is 9.96. The van der Waals surface area contributed by atoms with Gasteiger partial charge in [-0.25, -0.2) is 0 Å². The maximum absolute atomic E-state index is 5.68. The van der Waals surface area contributed by atoms with Crippen molar-refractivity contribution in [3.05, 3.63) is 47.7 Å². The molecule has 0 amide bonds. The van der Waals surface area contributed by atoms with Crippen molar-refractivity contribution in [3.63, 3.8) is 0 Å². The molecule has 3 heteroatoms. The lowest BCUT2D eigenvalue weighted by Crippen LogP contribution is -1.85. The molecule has 0 fully saturated rings. The minimum Gasteiger partial charge on any atom is -0.145 e. The van der Waals surface area contributed by atoms with Crippen LogP contribution in [0.15, 0.2) is 42.1 Å². The molecule has 1 aromatic rings. The van der Waals surface area contributed by atoms with Crippen LogP contribution in [0.4, 0.5) is 0 Å². The van der Waals surface area contributed by atoms with Crippen LogP contribution in [0, 0.1) is 0 Å². The predicted molar refractivity (Wildman–Crippen MR) is 62.8 cm³/mol. The van der Waals surface area contributed by atoms with Gasteiger partial charge in [-0.05, 0) is 18.4 Å². The van der Waals surface area contributed by atoms with Crippen molar-refractivity contribution in [3.8, 4) is 0 Å². The van der Waals surface area contributed by atoms with E-state index in [4.69, 9.17) is 22.2 Å². The maximum Gasteiger partial charge on any atom is 0.259 e. The molecule has 0 nitrogen and oxygen atoms in total. The monoisotopic (exact) mass is 230 g/mol. The highest BCUT2D eigenvalue weighted by Gasteiger charge is 1.92. The van der Waals surface area contributed by atoms with Gasteiger partial charge in [0, 0.05) is 0 Å². The van der Waals surface area contributed by atoms with E-state index in [1.807, 2.05) is 11.8 Å². The molecule has 0 saturated heterocycles. The van der Waals surface area contributed by atoms with Crippen LogP contribution in [0.1, 0.15) is 12.0 Å². The summed E-state index contributed by atoms with van der Waals surface area (Å²) < 4.78 is 0. The molecule has 0 aliphatic rings. The Morgan fingerprint density at radius 3 is 2.46 bits per heavy atom. The lowest BCUT2D eigenvalue weighted by Gasteiger charge is -1.96. The van der Waals surface area contributed by atoms with Crippen LogP contribution in [-0.4, -0.2) is 7.42 Å². The summed E-state index contributed by atoms with van der Waals surface area (Å²) in [6.45, 7) is 0. The summed E-state index contributed by atoms with van der Waals surface area (Å²) in [5.41, 5.74) is 3.29. The second kappa shape index (κ2) is 6.25. The van der Waals surface area contributed by atoms with Gasteiger partial charge >= 0.3 is 0 Å². The van der Waals surface area contributed by atoms with Gasteiger partial charge in [0.2, 0.25) is 0 Å². The Balaban J connectivity index is 2.28. The first kappa shape index (κ1) is 10.8. The average Bonchev–Trinajstić information content (AvgIpc) is 2.14. The fourth-order valence-corrected chi connectivity index (χ4v) is 2.11. The molecule has 0 N–H and O–H groups in total. The van der Waals surface area contributed by atoms with Gasteiger partial charge in [0.05, 0.1) is 0 Å². The van der Waals surface area contributed by atoms with Crippen LogP contribution < -0.4 is 0 Å². The fourth-order valence-electron chi connectivity index (χ4n) is 1.09. The van der Waals surface area contributed by atoms with E-state index in [1.54, 1.807) is 0 Å². The predicted octanol–water partition coefficient (Wildman–Crippen LogP) is 3.41. The quantitative estimate of drug-likeness (QED) is 0.550. The van der Waals surface area contributed by atoms with Gasteiger partial charge in [0.15, 0.2) is 0 Å². The van der Waals surface area contributed by atoms with Gasteiger partial charge in [-0.15, -0.1) is 22.2 Å². The van der Waals surface area contributed by atoms with E-state index in [0.717, 1.165) is 12.8 Å². The molecule has 0 radical (unpaired) electrons. The second-order valence-electron chi connectivity index (χ2n) is 2.79. The number of hydrogen-bond acceptors (Lipinski definition) is 0. The molecule has 0 atom stereocenters. The zero-order chi connectivity index (χ0) is 9.52. The summed E-state index contributed by atoms with van der Waals surface area (Å²) in [7, 11) is -1.53. The number of halogens is 2. The van der Waals surface area contributed by atoms with E-state index >= 15 is 0 Å². The molecule has 0 bridgehead atoms. The van der Waals surface area contributed by atoms with Crippen molar-refractivity contribution < 1.29 is 0 Å². The van der Waals surface area contributed by atoms with E-state index in [-0.39, 0.29) is 0 Å². The van der Waals surface area contributed by atoms with Gasteiger partial charge < -0.3 is 0 Å². The van der Waals surface area contributed by atoms with E-state index in [9.17, 15) is 0 Å². The number of benzene rings is 1. The van der Waals surface area contributed by atoms with E-state index in [1.165, 1.54) is 5.56 Å². The molecule has 0 aromatic heterocycles. The van der Waals surface area contributed by atoms with Crippen molar-refractivity contribution in [2.45, 2.75) is 12.8 Å². The second-order valence-corrected chi connectivity index (χ2v) is 7.33. The molecule has 70 valence electrons. The van der Waals surface area contributed by atoms with Crippen LogP contribution in [0.25, 0.3) is 0 Å². The largest absolute Gasteiger partial charge is 0.259 e. The molecule has 1 rings (SSSR count). The number of allylic oxidation sites excluding steroid dienone is 1. The highest BCUT2D eigenvalue weighted by atomic mass is 35.7. The topological polar surface area (TPSA) is 0 Å². The summed E-state index contributed by atoms with van der Waals surface area (Å²) >= 11 is 11.4. The first-order chi connectivity index (χ1) is 6.29. The number of rotatable bonds is 4. The highest BCUT2D eigenvalue weighted by molar-refractivity contribution is 7.36. The zero-order valence-electron chi connectivity index (χ0n) is 7.29. The first-order valence-electron chi connectivity index (χ1n) is 4.28. The van der Waals surface area contributed by atoms with E-state index in [0.29, 0.717) is 0 Å². The third-order valence-electron chi connectivity index (χ3n) is 1.72. The molecular formula is C10H12Cl2Si. The van der Waals surface area contributed by atoms with Crippen LogP contribution in [0.3, 0.4) is 0 Å². The van der Waals surface area contributed by atoms with Crippen molar-refractivity contribution in [2.75, 3.05) is 0 Å². The van der Waals surface area contributed by atoms with Crippen LogP contribution >= 0.6 is 22.2 Å². The van der Waals surface area contributed by atoms with Gasteiger partial charge in [-0.2, -0.15) is 0 Å². The lowest BCUT2D eigenvalue weighted by atomic mass is 10.1. The minimum atomic E-state index is -1.53. The molecule has 0 aliphatic carbocycles. The van der Waals surface area contributed by atoms with Crippen LogP contribution in [0.2, 0.25) is 0 Å². The third-order valence-corrected chi connectivity index (χ3v) is 3.16. The highest BCUT2D eigenvalue weighted by Crippen LogP contribution is 2.04. The first-order valence-corrected chi connectivity index (χ1v) is 8.43. The molecule has 13 heavy (non-hydrogen) atoms. The Morgan fingerprint density at radius 1 is 1.15 bits per heavy atom. The van der Waals surface area contributed by atoms with Crippen molar-refractivity contribution in [1.82, 2.24) is 0 Å². The molecule has 1 aromatic carbocycles. The van der Waals surface area contributed by atoms with Gasteiger partial charge in [-0.1, -0.05) is 42.1 Å². The van der Waals surface area contributed by atoms with E-state index in [2.05, 4.69) is 30.3 Å². The summed E-state index contributed by atoms with van der Waals surface area (Å²) in [4.78, 5) is 0. The Kier molecular flexibility index (Phi) is 5.21. The number of aryl methyl sites for hydroxylation is 1. The molecular weight excluding hydrogens is 219 g/mol. The Hall–Kier alpha value is -0.243. The molecule has 0 unspecified atom stereocenters. The smallest absolute Gasteiger partial charge is 0.145 e. The molecule has 0 spiro atoms. The van der Waals surface area contributed by atoms with Gasteiger partial charge in [0.25, 0.3) is 7.42 Å². The fraction of sp³-hybridized carbons (Fsp3) is 0.200. The molecule has 0 aliphatic heterocycles. The van der Waals surface area contributed by atoms with Gasteiger partial charge in [0.1, 0.15) is 0 Å². The SMILES string of the molecule is Cl[SiH](Cl)C=CCCc1ccccc1.